The van der Waals surface area contributed by atoms with Crippen LogP contribution in [0.25, 0.3) is 0 Å². The summed E-state index contributed by atoms with van der Waals surface area (Å²) >= 11 is 0. The predicted molar refractivity (Wildman–Crippen MR) is 42.0 cm³/mol. The Bertz CT molecular complexity index is 182. The van der Waals surface area contributed by atoms with Gasteiger partial charge in [0.2, 0.25) is 0 Å². The molecule has 0 saturated heterocycles. The van der Waals surface area contributed by atoms with Crippen molar-refractivity contribution in [3.05, 3.63) is 12.2 Å². The fraction of sp³-hybridized carbons (Fsp3) is 0.571. The molecule has 0 unspecified atom stereocenters. The van der Waals surface area contributed by atoms with Crippen LogP contribution in [0.15, 0.2) is 12.2 Å². The maximum atomic E-state index is 10.9. The largest absolute Gasteiger partial charge is 0.461 e. The molecule has 0 saturated carbocycles. The predicted octanol–water partition coefficient (Wildman–Crippen LogP) is -1.25. The lowest BCUT2D eigenvalue weighted by Crippen LogP contribution is -2.31. The summed E-state index contributed by atoms with van der Waals surface area (Å²) in [6.45, 7) is 4.41. The third kappa shape index (κ3) is 3.47. The number of rotatable bonds is 4. The van der Waals surface area contributed by atoms with Crippen molar-refractivity contribution in [2.45, 2.75) is 12.7 Å². The number of aliphatic hydroxyl groups is 2. The molecule has 0 atom stereocenters. The summed E-state index contributed by atoms with van der Waals surface area (Å²) in [4.78, 5) is 10.9. The monoisotopic (exact) mass is 175 g/mol. The SMILES string of the molecule is C=C(C(=O)OCCN)C(C)(O)O. The number of hydrogen-bond acceptors (Lipinski definition) is 5. The molecule has 0 heterocycles. The van der Waals surface area contributed by atoms with Gasteiger partial charge in [-0.1, -0.05) is 6.58 Å². The summed E-state index contributed by atoms with van der Waals surface area (Å²) < 4.78 is 4.50. The Hall–Kier alpha value is -0.910. The Morgan fingerprint density at radius 2 is 2.17 bits per heavy atom. The van der Waals surface area contributed by atoms with Crippen LogP contribution in [-0.2, 0) is 9.53 Å². The summed E-state index contributed by atoms with van der Waals surface area (Å²) in [6, 6.07) is 0. The molecule has 0 rings (SSSR count). The van der Waals surface area contributed by atoms with E-state index in [4.69, 9.17) is 15.9 Å². The minimum Gasteiger partial charge on any atom is -0.461 e. The Balaban J connectivity index is 4.04. The van der Waals surface area contributed by atoms with Gasteiger partial charge >= 0.3 is 5.97 Å². The fourth-order valence-corrected chi connectivity index (χ4v) is 0.432. The van der Waals surface area contributed by atoms with E-state index < -0.39 is 17.3 Å². The minimum atomic E-state index is -2.23. The van der Waals surface area contributed by atoms with Gasteiger partial charge in [-0.05, 0) is 6.92 Å². The van der Waals surface area contributed by atoms with Crippen molar-refractivity contribution in [3.8, 4) is 0 Å². The average molecular weight is 175 g/mol. The van der Waals surface area contributed by atoms with Crippen molar-refractivity contribution in [1.29, 1.82) is 0 Å². The first-order valence-corrected chi connectivity index (χ1v) is 3.41. The smallest absolute Gasteiger partial charge is 0.338 e. The van der Waals surface area contributed by atoms with E-state index >= 15 is 0 Å². The molecule has 0 aromatic rings. The Morgan fingerprint density at radius 3 is 2.50 bits per heavy atom. The van der Waals surface area contributed by atoms with Crippen LogP contribution in [0.4, 0.5) is 0 Å². The molecule has 0 aliphatic rings. The van der Waals surface area contributed by atoms with Crippen LogP contribution in [0.1, 0.15) is 6.92 Å². The van der Waals surface area contributed by atoms with Gasteiger partial charge in [0.25, 0.3) is 0 Å². The Morgan fingerprint density at radius 1 is 1.67 bits per heavy atom. The van der Waals surface area contributed by atoms with Gasteiger partial charge in [0, 0.05) is 6.54 Å². The van der Waals surface area contributed by atoms with Gasteiger partial charge in [-0.25, -0.2) is 4.79 Å². The van der Waals surface area contributed by atoms with Crippen LogP contribution in [0.2, 0.25) is 0 Å². The highest BCUT2D eigenvalue weighted by atomic mass is 16.5. The standard InChI is InChI=1S/C7H13NO4/c1-5(7(2,10)11)6(9)12-4-3-8/h10-11H,1,3-4,8H2,2H3. The van der Waals surface area contributed by atoms with Gasteiger partial charge in [-0.2, -0.15) is 0 Å². The molecule has 0 bridgehead atoms. The van der Waals surface area contributed by atoms with Gasteiger partial charge in [0.1, 0.15) is 6.61 Å². The topological polar surface area (TPSA) is 92.8 Å². The molecule has 0 radical (unpaired) electrons. The molecule has 12 heavy (non-hydrogen) atoms. The third-order valence-electron chi connectivity index (χ3n) is 1.17. The summed E-state index contributed by atoms with van der Waals surface area (Å²) in [5.74, 6) is -3.08. The van der Waals surface area contributed by atoms with Crippen molar-refractivity contribution in [3.63, 3.8) is 0 Å². The van der Waals surface area contributed by atoms with Gasteiger partial charge in [-0.15, -0.1) is 0 Å². The lowest BCUT2D eigenvalue weighted by molar-refractivity contribution is -0.153. The first-order valence-electron chi connectivity index (χ1n) is 3.41. The molecule has 5 nitrogen and oxygen atoms in total. The molecule has 0 amide bonds. The molecular weight excluding hydrogens is 162 g/mol. The van der Waals surface area contributed by atoms with E-state index in [9.17, 15) is 4.79 Å². The molecule has 0 aromatic heterocycles. The lowest BCUT2D eigenvalue weighted by atomic mass is 10.1. The maximum Gasteiger partial charge on any atom is 0.338 e. The summed E-state index contributed by atoms with van der Waals surface area (Å²) in [5, 5.41) is 17.8. The third-order valence-corrected chi connectivity index (χ3v) is 1.17. The van der Waals surface area contributed by atoms with Crippen LogP contribution in [-0.4, -0.2) is 35.1 Å². The van der Waals surface area contributed by atoms with Crippen LogP contribution >= 0.6 is 0 Å². The van der Waals surface area contributed by atoms with Crippen molar-refractivity contribution < 1.29 is 19.7 Å². The van der Waals surface area contributed by atoms with E-state index in [2.05, 4.69) is 11.3 Å². The van der Waals surface area contributed by atoms with Crippen molar-refractivity contribution in [2.24, 2.45) is 5.73 Å². The highest BCUT2D eigenvalue weighted by Crippen LogP contribution is 2.11. The fourth-order valence-electron chi connectivity index (χ4n) is 0.432. The van der Waals surface area contributed by atoms with E-state index in [1.165, 1.54) is 0 Å². The van der Waals surface area contributed by atoms with E-state index in [1.807, 2.05) is 0 Å². The van der Waals surface area contributed by atoms with Crippen molar-refractivity contribution in [2.75, 3.05) is 13.2 Å². The minimum absolute atomic E-state index is 0.0356. The molecule has 5 heteroatoms. The van der Waals surface area contributed by atoms with Crippen LogP contribution in [0, 0.1) is 0 Å². The number of carbonyl (C=O) groups excluding carboxylic acids is 1. The summed E-state index contributed by atoms with van der Waals surface area (Å²) in [6.07, 6.45) is 0. The van der Waals surface area contributed by atoms with Crippen LogP contribution < -0.4 is 5.73 Å². The van der Waals surface area contributed by atoms with Crippen LogP contribution in [0.3, 0.4) is 0 Å². The number of ether oxygens (including phenoxy) is 1. The molecule has 0 spiro atoms. The van der Waals surface area contributed by atoms with Gasteiger partial charge in [0.05, 0.1) is 5.57 Å². The molecule has 0 fully saturated rings. The van der Waals surface area contributed by atoms with E-state index in [-0.39, 0.29) is 13.2 Å². The highest BCUT2D eigenvalue weighted by Gasteiger charge is 2.27. The number of esters is 1. The average Bonchev–Trinajstić information content (AvgIpc) is 1.97. The first kappa shape index (κ1) is 11.1. The molecule has 0 aromatic carbocycles. The molecular formula is C7H13NO4. The maximum absolute atomic E-state index is 10.9. The zero-order valence-corrected chi connectivity index (χ0v) is 6.91. The van der Waals surface area contributed by atoms with Crippen LogP contribution in [0.5, 0.6) is 0 Å². The normalized spacial score (nSPS) is 11.0. The first-order chi connectivity index (χ1) is 5.39. The lowest BCUT2D eigenvalue weighted by Gasteiger charge is -2.17. The highest BCUT2D eigenvalue weighted by molar-refractivity contribution is 5.89. The second-order valence-corrected chi connectivity index (χ2v) is 2.42. The van der Waals surface area contributed by atoms with E-state index in [1.54, 1.807) is 0 Å². The van der Waals surface area contributed by atoms with Gasteiger partial charge in [0.15, 0.2) is 5.79 Å². The molecule has 70 valence electrons. The Kier molecular flexibility index (Phi) is 3.88. The second-order valence-electron chi connectivity index (χ2n) is 2.42. The molecule has 0 aliphatic carbocycles. The Labute approximate surface area is 70.4 Å². The number of carbonyl (C=O) groups is 1. The number of nitrogens with two attached hydrogens (primary N) is 1. The van der Waals surface area contributed by atoms with Gasteiger partial charge < -0.3 is 20.7 Å². The van der Waals surface area contributed by atoms with Crippen molar-refractivity contribution in [1.82, 2.24) is 0 Å². The van der Waals surface area contributed by atoms with E-state index in [0.717, 1.165) is 6.92 Å². The number of hydrogen-bond donors (Lipinski definition) is 3. The zero-order valence-electron chi connectivity index (χ0n) is 6.91. The summed E-state index contributed by atoms with van der Waals surface area (Å²) in [5.41, 5.74) is 4.65. The molecule has 4 N–H and O–H groups in total. The zero-order chi connectivity index (χ0) is 9.78. The molecule has 0 aliphatic heterocycles. The summed E-state index contributed by atoms with van der Waals surface area (Å²) in [7, 11) is 0. The van der Waals surface area contributed by atoms with E-state index in [0.29, 0.717) is 0 Å². The van der Waals surface area contributed by atoms with Gasteiger partial charge in [-0.3, -0.25) is 0 Å². The van der Waals surface area contributed by atoms with Crippen molar-refractivity contribution >= 4 is 5.97 Å². The quantitative estimate of drug-likeness (QED) is 0.282. The second kappa shape index (κ2) is 4.20.